The van der Waals surface area contributed by atoms with Gasteiger partial charge in [-0.3, -0.25) is 9.78 Å². The standard InChI is InChI=1S/C13H20N4O/c1-3-11(14)12-5-4-10(8-16-12)17-7-6-15-13(18)9(17)2/h4-5,8-9,11H,3,6-7,14H2,1-2H3,(H,15,18). The van der Waals surface area contributed by atoms with E-state index in [1.165, 1.54) is 0 Å². The predicted molar refractivity (Wildman–Crippen MR) is 71.3 cm³/mol. The van der Waals surface area contributed by atoms with Gasteiger partial charge in [0.2, 0.25) is 5.91 Å². The normalized spacial score (nSPS) is 21.6. The maximum Gasteiger partial charge on any atom is 0.242 e. The van der Waals surface area contributed by atoms with E-state index in [0.29, 0.717) is 6.54 Å². The molecular formula is C13H20N4O. The summed E-state index contributed by atoms with van der Waals surface area (Å²) in [5.74, 6) is 0.0654. The Bertz CT molecular complexity index is 418. The molecule has 1 saturated heterocycles. The van der Waals surface area contributed by atoms with Crippen LogP contribution in [-0.2, 0) is 4.79 Å². The van der Waals surface area contributed by atoms with Crippen molar-refractivity contribution in [1.29, 1.82) is 0 Å². The molecule has 98 valence electrons. The lowest BCUT2D eigenvalue weighted by molar-refractivity contribution is -0.122. The molecule has 5 nitrogen and oxygen atoms in total. The highest BCUT2D eigenvalue weighted by atomic mass is 16.2. The molecule has 0 aliphatic carbocycles. The van der Waals surface area contributed by atoms with Crippen LogP contribution in [0.1, 0.15) is 32.0 Å². The molecule has 2 heterocycles. The second-order valence-electron chi connectivity index (χ2n) is 4.62. The van der Waals surface area contributed by atoms with Crippen LogP contribution < -0.4 is 16.0 Å². The molecule has 1 aromatic rings. The number of rotatable bonds is 3. The zero-order chi connectivity index (χ0) is 13.1. The van der Waals surface area contributed by atoms with Crippen molar-refractivity contribution < 1.29 is 4.79 Å². The smallest absolute Gasteiger partial charge is 0.242 e. The van der Waals surface area contributed by atoms with Gasteiger partial charge in [-0.1, -0.05) is 6.92 Å². The van der Waals surface area contributed by atoms with Crippen LogP contribution in [0.25, 0.3) is 0 Å². The molecule has 0 radical (unpaired) electrons. The molecule has 2 atom stereocenters. The first-order valence-electron chi connectivity index (χ1n) is 6.39. The van der Waals surface area contributed by atoms with Gasteiger partial charge >= 0.3 is 0 Å². The summed E-state index contributed by atoms with van der Waals surface area (Å²) < 4.78 is 0. The molecule has 1 aliphatic rings. The number of carbonyl (C=O) groups is 1. The molecule has 1 aromatic heterocycles. The van der Waals surface area contributed by atoms with E-state index in [4.69, 9.17) is 5.73 Å². The molecule has 1 amide bonds. The monoisotopic (exact) mass is 248 g/mol. The fraction of sp³-hybridized carbons (Fsp3) is 0.538. The maximum atomic E-state index is 11.6. The van der Waals surface area contributed by atoms with E-state index in [1.807, 2.05) is 26.0 Å². The van der Waals surface area contributed by atoms with Crippen molar-refractivity contribution in [2.24, 2.45) is 5.73 Å². The van der Waals surface area contributed by atoms with E-state index < -0.39 is 0 Å². The van der Waals surface area contributed by atoms with Crippen LogP contribution in [0.3, 0.4) is 0 Å². The Morgan fingerprint density at radius 1 is 1.61 bits per heavy atom. The van der Waals surface area contributed by atoms with Crippen LogP contribution >= 0.6 is 0 Å². The van der Waals surface area contributed by atoms with Crippen LogP contribution in [0.2, 0.25) is 0 Å². The SMILES string of the molecule is CCC(N)c1ccc(N2CCNC(=O)C2C)cn1. The number of aromatic nitrogens is 1. The Morgan fingerprint density at radius 3 is 3.00 bits per heavy atom. The summed E-state index contributed by atoms with van der Waals surface area (Å²) in [7, 11) is 0. The number of pyridine rings is 1. The van der Waals surface area contributed by atoms with Crippen molar-refractivity contribution in [1.82, 2.24) is 10.3 Å². The minimum atomic E-state index is -0.147. The fourth-order valence-electron chi connectivity index (χ4n) is 2.13. The molecule has 0 spiro atoms. The predicted octanol–water partition coefficient (Wildman–Crippen LogP) is 0.816. The zero-order valence-electron chi connectivity index (χ0n) is 10.9. The third kappa shape index (κ3) is 2.46. The zero-order valence-corrected chi connectivity index (χ0v) is 10.9. The van der Waals surface area contributed by atoms with Gasteiger partial charge in [0.15, 0.2) is 0 Å². The third-order valence-corrected chi connectivity index (χ3v) is 3.42. The number of hydrogen-bond acceptors (Lipinski definition) is 4. The Morgan fingerprint density at radius 2 is 2.39 bits per heavy atom. The quantitative estimate of drug-likeness (QED) is 0.830. The van der Waals surface area contributed by atoms with Crippen LogP contribution in [-0.4, -0.2) is 30.0 Å². The van der Waals surface area contributed by atoms with E-state index in [0.717, 1.165) is 24.3 Å². The van der Waals surface area contributed by atoms with E-state index in [1.54, 1.807) is 6.20 Å². The Balaban J connectivity index is 2.16. The lowest BCUT2D eigenvalue weighted by Crippen LogP contribution is -2.54. The van der Waals surface area contributed by atoms with Gasteiger partial charge in [-0.15, -0.1) is 0 Å². The largest absolute Gasteiger partial charge is 0.357 e. The maximum absolute atomic E-state index is 11.6. The Kier molecular flexibility index (Phi) is 3.81. The number of piperazine rings is 1. The first-order valence-corrected chi connectivity index (χ1v) is 6.39. The molecule has 0 bridgehead atoms. The van der Waals surface area contributed by atoms with Gasteiger partial charge in [-0.25, -0.2) is 0 Å². The molecule has 3 N–H and O–H groups in total. The number of nitrogens with zero attached hydrogens (tertiary/aromatic N) is 2. The summed E-state index contributed by atoms with van der Waals surface area (Å²) in [5, 5.41) is 2.85. The summed E-state index contributed by atoms with van der Waals surface area (Å²) in [6.45, 7) is 5.44. The molecule has 5 heteroatoms. The Labute approximate surface area is 107 Å². The number of carbonyl (C=O) groups excluding carboxylic acids is 1. The number of nitrogens with one attached hydrogen (secondary N) is 1. The van der Waals surface area contributed by atoms with Gasteiger partial charge in [0.05, 0.1) is 17.6 Å². The minimum absolute atomic E-state index is 0.0128. The summed E-state index contributed by atoms with van der Waals surface area (Å²) in [6, 6.07) is 3.78. The molecule has 2 unspecified atom stereocenters. The van der Waals surface area contributed by atoms with Crippen molar-refractivity contribution >= 4 is 11.6 Å². The first-order chi connectivity index (χ1) is 8.63. The summed E-state index contributed by atoms with van der Waals surface area (Å²) in [5.41, 5.74) is 7.81. The van der Waals surface area contributed by atoms with E-state index >= 15 is 0 Å². The highest BCUT2D eigenvalue weighted by Gasteiger charge is 2.25. The molecule has 2 rings (SSSR count). The number of anilines is 1. The lowest BCUT2D eigenvalue weighted by atomic mass is 10.1. The molecule has 0 saturated carbocycles. The lowest BCUT2D eigenvalue weighted by Gasteiger charge is -2.34. The highest BCUT2D eigenvalue weighted by Crippen LogP contribution is 2.20. The number of amides is 1. The van der Waals surface area contributed by atoms with E-state index in [-0.39, 0.29) is 18.0 Å². The molecule has 0 aromatic carbocycles. The average molecular weight is 248 g/mol. The van der Waals surface area contributed by atoms with E-state index in [2.05, 4.69) is 15.2 Å². The van der Waals surface area contributed by atoms with E-state index in [9.17, 15) is 4.79 Å². The topological polar surface area (TPSA) is 71.2 Å². The molecule has 1 aliphatic heterocycles. The van der Waals surface area contributed by atoms with Crippen molar-refractivity contribution in [3.8, 4) is 0 Å². The van der Waals surface area contributed by atoms with Crippen molar-refractivity contribution in [3.05, 3.63) is 24.0 Å². The Hall–Kier alpha value is -1.62. The average Bonchev–Trinajstić information content (AvgIpc) is 2.41. The summed E-state index contributed by atoms with van der Waals surface area (Å²) >= 11 is 0. The number of hydrogen-bond donors (Lipinski definition) is 2. The highest BCUT2D eigenvalue weighted by molar-refractivity contribution is 5.86. The molecule has 18 heavy (non-hydrogen) atoms. The third-order valence-electron chi connectivity index (χ3n) is 3.42. The van der Waals surface area contributed by atoms with Gasteiger partial charge in [0.25, 0.3) is 0 Å². The first kappa shape index (κ1) is 12.8. The van der Waals surface area contributed by atoms with Crippen molar-refractivity contribution in [2.75, 3.05) is 18.0 Å². The van der Waals surface area contributed by atoms with Gasteiger partial charge in [0, 0.05) is 19.1 Å². The van der Waals surface area contributed by atoms with Crippen LogP contribution in [0.5, 0.6) is 0 Å². The summed E-state index contributed by atoms with van der Waals surface area (Å²) in [4.78, 5) is 18.1. The van der Waals surface area contributed by atoms with Crippen LogP contribution in [0.4, 0.5) is 5.69 Å². The van der Waals surface area contributed by atoms with Crippen LogP contribution in [0, 0.1) is 0 Å². The molecular weight excluding hydrogens is 228 g/mol. The van der Waals surface area contributed by atoms with Crippen LogP contribution in [0.15, 0.2) is 18.3 Å². The summed E-state index contributed by atoms with van der Waals surface area (Å²) in [6.07, 6.45) is 2.68. The second kappa shape index (κ2) is 5.35. The van der Waals surface area contributed by atoms with Gasteiger partial charge < -0.3 is 16.0 Å². The van der Waals surface area contributed by atoms with Gasteiger partial charge in [0.1, 0.15) is 6.04 Å². The van der Waals surface area contributed by atoms with Crippen molar-refractivity contribution in [3.63, 3.8) is 0 Å². The van der Waals surface area contributed by atoms with Gasteiger partial charge in [-0.2, -0.15) is 0 Å². The fourth-order valence-corrected chi connectivity index (χ4v) is 2.13. The van der Waals surface area contributed by atoms with Crippen molar-refractivity contribution in [2.45, 2.75) is 32.4 Å². The minimum Gasteiger partial charge on any atom is -0.357 e. The van der Waals surface area contributed by atoms with Gasteiger partial charge in [-0.05, 0) is 25.5 Å². The second-order valence-corrected chi connectivity index (χ2v) is 4.62. The number of nitrogens with two attached hydrogens (primary N) is 1. The molecule has 1 fully saturated rings.